The SMILES string of the molecule is COc1cccc(N2C(=O)CC(N(NC(=O)c3ccccc3Cl)C(=O)C=Cc3ccccc3)C2=O)c1. The van der Waals surface area contributed by atoms with E-state index >= 15 is 0 Å². The average molecular weight is 504 g/mol. The lowest BCUT2D eigenvalue weighted by Crippen LogP contribution is -2.54. The smallest absolute Gasteiger partial charge is 0.271 e. The van der Waals surface area contributed by atoms with Crippen LogP contribution in [0.3, 0.4) is 0 Å². The number of carbonyl (C=O) groups is 4. The van der Waals surface area contributed by atoms with Crippen LogP contribution in [0.5, 0.6) is 5.75 Å². The molecule has 3 aromatic carbocycles. The largest absolute Gasteiger partial charge is 0.497 e. The fourth-order valence-electron chi connectivity index (χ4n) is 3.75. The molecule has 182 valence electrons. The van der Waals surface area contributed by atoms with E-state index in [1.807, 2.05) is 18.2 Å². The van der Waals surface area contributed by atoms with E-state index < -0.39 is 29.7 Å². The average Bonchev–Trinajstić information content (AvgIpc) is 3.19. The van der Waals surface area contributed by atoms with Crippen molar-refractivity contribution in [1.82, 2.24) is 10.4 Å². The molecular formula is C27H22ClN3O5. The first kappa shape index (κ1) is 24.7. The van der Waals surface area contributed by atoms with Gasteiger partial charge in [0.1, 0.15) is 11.8 Å². The number of nitrogens with zero attached hydrogens (tertiary/aromatic N) is 2. The van der Waals surface area contributed by atoms with Gasteiger partial charge in [0.15, 0.2) is 0 Å². The molecule has 1 fully saturated rings. The first-order valence-corrected chi connectivity index (χ1v) is 11.4. The highest BCUT2D eigenvalue weighted by molar-refractivity contribution is 6.33. The van der Waals surface area contributed by atoms with E-state index in [0.29, 0.717) is 11.4 Å². The first-order chi connectivity index (χ1) is 17.4. The number of nitrogens with one attached hydrogen (secondary N) is 1. The third-order valence-corrected chi connectivity index (χ3v) is 5.87. The third kappa shape index (κ3) is 5.29. The van der Waals surface area contributed by atoms with E-state index in [9.17, 15) is 19.2 Å². The first-order valence-electron chi connectivity index (χ1n) is 11.0. The molecule has 4 amide bonds. The lowest BCUT2D eigenvalue weighted by atomic mass is 10.2. The summed E-state index contributed by atoms with van der Waals surface area (Å²) >= 11 is 6.15. The summed E-state index contributed by atoms with van der Waals surface area (Å²) in [4.78, 5) is 53.5. The number of methoxy groups -OCH3 is 1. The summed E-state index contributed by atoms with van der Waals surface area (Å²) in [6, 6.07) is 20.6. The van der Waals surface area contributed by atoms with Crippen molar-refractivity contribution in [3.05, 3.63) is 101 Å². The molecule has 0 bridgehead atoms. The Kier molecular flexibility index (Phi) is 7.46. The topological polar surface area (TPSA) is 96.0 Å². The highest BCUT2D eigenvalue weighted by atomic mass is 35.5. The van der Waals surface area contributed by atoms with E-state index in [1.165, 1.54) is 25.3 Å². The molecule has 1 aliphatic rings. The van der Waals surface area contributed by atoms with Crippen molar-refractivity contribution in [2.45, 2.75) is 12.5 Å². The Bertz CT molecular complexity index is 1340. The second kappa shape index (κ2) is 10.9. The summed E-state index contributed by atoms with van der Waals surface area (Å²) in [5.74, 6) is -2.09. The molecule has 1 saturated heterocycles. The van der Waals surface area contributed by atoms with Gasteiger partial charge in [0.2, 0.25) is 5.91 Å². The maximum Gasteiger partial charge on any atom is 0.271 e. The van der Waals surface area contributed by atoms with Crippen LogP contribution < -0.4 is 15.1 Å². The molecule has 0 aromatic heterocycles. The van der Waals surface area contributed by atoms with Gasteiger partial charge in [-0.05, 0) is 35.9 Å². The van der Waals surface area contributed by atoms with E-state index in [-0.39, 0.29) is 17.0 Å². The van der Waals surface area contributed by atoms with Crippen LogP contribution in [-0.2, 0) is 14.4 Å². The van der Waals surface area contributed by atoms with Gasteiger partial charge in [0.05, 0.1) is 29.8 Å². The van der Waals surface area contributed by atoms with Crippen LogP contribution in [0.25, 0.3) is 6.08 Å². The monoisotopic (exact) mass is 503 g/mol. The minimum Gasteiger partial charge on any atom is -0.497 e. The Morgan fingerprint density at radius 2 is 1.75 bits per heavy atom. The van der Waals surface area contributed by atoms with Crippen molar-refractivity contribution >= 4 is 47.0 Å². The molecule has 1 atom stereocenters. The summed E-state index contributed by atoms with van der Waals surface area (Å²) in [5.41, 5.74) is 3.65. The molecule has 9 heteroatoms. The highest BCUT2D eigenvalue weighted by Crippen LogP contribution is 2.28. The van der Waals surface area contributed by atoms with Crippen LogP contribution in [0.2, 0.25) is 5.02 Å². The maximum atomic E-state index is 13.4. The second-order valence-electron chi connectivity index (χ2n) is 7.86. The zero-order valence-corrected chi connectivity index (χ0v) is 20.0. The molecule has 1 heterocycles. The number of amides is 4. The summed E-state index contributed by atoms with van der Waals surface area (Å²) < 4.78 is 5.19. The van der Waals surface area contributed by atoms with Gasteiger partial charge in [0.25, 0.3) is 17.7 Å². The Balaban J connectivity index is 1.65. The van der Waals surface area contributed by atoms with Gasteiger partial charge in [-0.15, -0.1) is 0 Å². The number of carbonyl (C=O) groups excluding carboxylic acids is 4. The van der Waals surface area contributed by atoms with Crippen LogP contribution in [-0.4, -0.2) is 41.8 Å². The molecule has 0 saturated carbocycles. The lowest BCUT2D eigenvalue weighted by molar-refractivity contribution is -0.136. The van der Waals surface area contributed by atoms with E-state index in [0.717, 1.165) is 15.5 Å². The van der Waals surface area contributed by atoms with Crippen molar-refractivity contribution in [2.75, 3.05) is 12.0 Å². The number of hydrazine groups is 1. The van der Waals surface area contributed by atoms with Crippen LogP contribution in [0.1, 0.15) is 22.3 Å². The lowest BCUT2D eigenvalue weighted by Gasteiger charge is -2.27. The Labute approximate surface area is 212 Å². The molecule has 36 heavy (non-hydrogen) atoms. The number of imide groups is 1. The zero-order chi connectivity index (χ0) is 25.7. The maximum absolute atomic E-state index is 13.4. The molecule has 0 spiro atoms. The molecular weight excluding hydrogens is 482 g/mol. The zero-order valence-electron chi connectivity index (χ0n) is 19.3. The molecule has 3 aromatic rings. The number of halogens is 1. The van der Waals surface area contributed by atoms with Crippen LogP contribution >= 0.6 is 11.6 Å². The second-order valence-corrected chi connectivity index (χ2v) is 8.27. The minimum atomic E-state index is -1.26. The highest BCUT2D eigenvalue weighted by Gasteiger charge is 2.45. The van der Waals surface area contributed by atoms with Crippen molar-refractivity contribution < 1.29 is 23.9 Å². The van der Waals surface area contributed by atoms with Gasteiger partial charge >= 0.3 is 0 Å². The van der Waals surface area contributed by atoms with Crippen LogP contribution in [0, 0.1) is 0 Å². The van der Waals surface area contributed by atoms with Crippen molar-refractivity contribution in [3.8, 4) is 5.75 Å². The standard InChI is InChI=1S/C27H22ClN3O5/c1-36-20-11-7-10-19(16-20)30-25(33)17-23(27(30)35)31(24(32)15-14-18-8-3-2-4-9-18)29-26(34)21-12-5-6-13-22(21)28/h2-16,23H,17H2,1H3,(H,29,34). The quantitative estimate of drug-likeness (QED) is 0.313. The van der Waals surface area contributed by atoms with E-state index in [1.54, 1.807) is 54.6 Å². The Morgan fingerprint density at radius 1 is 1.03 bits per heavy atom. The van der Waals surface area contributed by atoms with Gasteiger partial charge < -0.3 is 4.74 Å². The predicted molar refractivity (Wildman–Crippen MR) is 135 cm³/mol. The summed E-state index contributed by atoms with van der Waals surface area (Å²) in [6.07, 6.45) is 2.47. The van der Waals surface area contributed by atoms with E-state index in [2.05, 4.69) is 5.43 Å². The molecule has 1 N–H and O–H groups in total. The predicted octanol–water partition coefficient (Wildman–Crippen LogP) is 3.87. The summed E-state index contributed by atoms with van der Waals surface area (Å²) in [6.45, 7) is 0. The van der Waals surface area contributed by atoms with Crippen molar-refractivity contribution in [3.63, 3.8) is 0 Å². The van der Waals surface area contributed by atoms with Gasteiger partial charge in [-0.25, -0.2) is 9.91 Å². The Morgan fingerprint density at radius 3 is 2.47 bits per heavy atom. The molecule has 0 aliphatic carbocycles. The normalized spacial score (nSPS) is 15.3. The number of benzene rings is 3. The van der Waals surface area contributed by atoms with Crippen LogP contribution in [0.15, 0.2) is 84.9 Å². The molecule has 0 radical (unpaired) electrons. The molecule has 4 rings (SSSR count). The van der Waals surface area contributed by atoms with Crippen LogP contribution in [0.4, 0.5) is 5.69 Å². The van der Waals surface area contributed by atoms with E-state index in [4.69, 9.17) is 16.3 Å². The van der Waals surface area contributed by atoms with Crippen molar-refractivity contribution in [2.24, 2.45) is 0 Å². The summed E-state index contributed by atoms with van der Waals surface area (Å²) in [5, 5.41) is 1.06. The molecule has 1 unspecified atom stereocenters. The summed E-state index contributed by atoms with van der Waals surface area (Å²) in [7, 11) is 1.47. The third-order valence-electron chi connectivity index (χ3n) is 5.54. The van der Waals surface area contributed by atoms with Gasteiger partial charge in [-0.1, -0.05) is 60.1 Å². The fourth-order valence-corrected chi connectivity index (χ4v) is 3.97. The number of rotatable bonds is 6. The number of ether oxygens (including phenoxy) is 1. The molecule has 8 nitrogen and oxygen atoms in total. The Hall–Kier alpha value is -4.43. The number of hydrogen-bond acceptors (Lipinski definition) is 5. The van der Waals surface area contributed by atoms with Gasteiger partial charge in [0, 0.05) is 12.1 Å². The van der Waals surface area contributed by atoms with Crippen molar-refractivity contribution in [1.29, 1.82) is 0 Å². The fraction of sp³-hybridized carbons (Fsp3) is 0.111. The number of anilines is 1. The minimum absolute atomic E-state index is 0.116. The van der Waals surface area contributed by atoms with Gasteiger partial charge in [-0.3, -0.25) is 24.6 Å². The molecule has 1 aliphatic heterocycles. The number of hydrogen-bond donors (Lipinski definition) is 1. The van der Waals surface area contributed by atoms with Gasteiger partial charge in [-0.2, -0.15) is 0 Å².